The second kappa shape index (κ2) is 9.52. The molecule has 0 spiro atoms. The standard InChI is InChI=1S/C23H25N5O4/c1-31-19-10-16(11-20(32-2)21(19)29)12-24-27-23-25-18-8-9-28(14-17(18)22(30)26-23)13-15-6-4-3-5-7-15/h3-7,10-12,29H,8-9,13-14H2,1-2H3,(H2,25,26,27,30)/b24-12-. The summed E-state index contributed by atoms with van der Waals surface area (Å²) in [5, 5.41) is 14.1. The molecule has 0 fully saturated rings. The summed E-state index contributed by atoms with van der Waals surface area (Å²) >= 11 is 0. The molecule has 2 aromatic carbocycles. The van der Waals surface area contributed by atoms with E-state index in [1.807, 2.05) is 18.2 Å². The molecule has 1 aliphatic heterocycles. The summed E-state index contributed by atoms with van der Waals surface area (Å²) < 4.78 is 10.3. The van der Waals surface area contributed by atoms with Gasteiger partial charge in [-0.2, -0.15) is 5.10 Å². The van der Waals surface area contributed by atoms with Gasteiger partial charge in [0.05, 0.1) is 31.7 Å². The summed E-state index contributed by atoms with van der Waals surface area (Å²) in [5.41, 5.74) is 5.93. The molecule has 0 radical (unpaired) electrons. The lowest BCUT2D eigenvalue weighted by molar-refractivity contribution is 0.242. The number of nitrogens with zero attached hydrogens (tertiary/aromatic N) is 3. The van der Waals surface area contributed by atoms with Crippen LogP contribution in [-0.4, -0.2) is 47.0 Å². The van der Waals surface area contributed by atoms with Crippen LogP contribution >= 0.6 is 0 Å². The fourth-order valence-corrected chi connectivity index (χ4v) is 3.67. The Morgan fingerprint density at radius 3 is 2.62 bits per heavy atom. The number of methoxy groups -OCH3 is 2. The molecule has 0 saturated heterocycles. The van der Waals surface area contributed by atoms with E-state index in [0.29, 0.717) is 24.1 Å². The van der Waals surface area contributed by atoms with Crippen LogP contribution in [0, 0.1) is 0 Å². The Hall–Kier alpha value is -3.85. The highest BCUT2D eigenvalue weighted by molar-refractivity contribution is 5.82. The van der Waals surface area contributed by atoms with Crippen LogP contribution in [0.4, 0.5) is 5.95 Å². The molecule has 3 aromatic rings. The maximum Gasteiger partial charge on any atom is 0.257 e. The molecule has 3 N–H and O–H groups in total. The fraction of sp³-hybridized carbons (Fsp3) is 0.261. The molecule has 4 rings (SSSR count). The number of fused-ring (bicyclic) bond motifs is 1. The number of hydrogen-bond acceptors (Lipinski definition) is 8. The van der Waals surface area contributed by atoms with Gasteiger partial charge in [-0.05, 0) is 17.7 Å². The number of H-pyrrole nitrogens is 1. The molecular formula is C23H25N5O4. The Kier molecular flexibility index (Phi) is 6.37. The monoisotopic (exact) mass is 435 g/mol. The van der Waals surface area contributed by atoms with Crippen LogP contribution in [0.15, 0.2) is 52.4 Å². The average Bonchev–Trinajstić information content (AvgIpc) is 2.81. The Morgan fingerprint density at radius 1 is 1.22 bits per heavy atom. The number of rotatable bonds is 7. The molecule has 0 atom stereocenters. The van der Waals surface area contributed by atoms with Gasteiger partial charge in [0.15, 0.2) is 11.5 Å². The van der Waals surface area contributed by atoms with Gasteiger partial charge in [-0.15, -0.1) is 0 Å². The number of hydrogen-bond donors (Lipinski definition) is 3. The molecular weight excluding hydrogens is 410 g/mol. The molecule has 0 saturated carbocycles. The minimum atomic E-state index is -0.168. The first-order chi connectivity index (χ1) is 15.6. The highest BCUT2D eigenvalue weighted by atomic mass is 16.5. The van der Waals surface area contributed by atoms with E-state index in [0.717, 1.165) is 18.8 Å². The molecule has 0 bridgehead atoms. The van der Waals surface area contributed by atoms with Gasteiger partial charge < -0.3 is 14.6 Å². The van der Waals surface area contributed by atoms with Crippen molar-refractivity contribution in [1.82, 2.24) is 14.9 Å². The van der Waals surface area contributed by atoms with Gasteiger partial charge in [0.2, 0.25) is 11.7 Å². The topological polar surface area (TPSA) is 112 Å². The van der Waals surface area contributed by atoms with Gasteiger partial charge in [0, 0.05) is 31.6 Å². The molecule has 32 heavy (non-hydrogen) atoms. The minimum Gasteiger partial charge on any atom is -0.502 e. The maximum atomic E-state index is 12.6. The lowest BCUT2D eigenvalue weighted by Gasteiger charge is -2.27. The molecule has 0 amide bonds. The molecule has 166 valence electrons. The maximum absolute atomic E-state index is 12.6. The van der Waals surface area contributed by atoms with Crippen molar-refractivity contribution in [3.8, 4) is 17.2 Å². The highest BCUT2D eigenvalue weighted by Gasteiger charge is 2.21. The van der Waals surface area contributed by atoms with Gasteiger partial charge in [0.1, 0.15) is 0 Å². The minimum absolute atomic E-state index is 0.0814. The third kappa shape index (κ3) is 4.73. The normalized spacial score (nSPS) is 13.7. The molecule has 1 aliphatic rings. The second-order valence-electron chi connectivity index (χ2n) is 7.43. The number of benzene rings is 2. The molecule has 9 heteroatoms. The number of hydrazone groups is 1. The van der Waals surface area contributed by atoms with Gasteiger partial charge in [0.25, 0.3) is 5.56 Å². The first-order valence-electron chi connectivity index (χ1n) is 10.2. The lowest BCUT2D eigenvalue weighted by Crippen LogP contribution is -2.35. The van der Waals surface area contributed by atoms with Crippen LogP contribution in [0.2, 0.25) is 0 Å². The third-order valence-corrected chi connectivity index (χ3v) is 5.28. The van der Waals surface area contributed by atoms with Crippen molar-refractivity contribution in [2.45, 2.75) is 19.5 Å². The first-order valence-corrected chi connectivity index (χ1v) is 10.2. The zero-order chi connectivity index (χ0) is 22.5. The Bertz CT molecular complexity index is 1150. The Morgan fingerprint density at radius 2 is 1.94 bits per heavy atom. The molecule has 9 nitrogen and oxygen atoms in total. The van der Waals surface area contributed by atoms with E-state index in [9.17, 15) is 9.90 Å². The van der Waals surface area contributed by atoms with Crippen LogP contribution in [-0.2, 0) is 19.5 Å². The van der Waals surface area contributed by atoms with Gasteiger partial charge in [-0.25, -0.2) is 10.4 Å². The van der Waals surface area contributed by atoms with Crippen LogP contribution < -0.4 is 20.5 Å². The predicted molar refractivity (Wildman–Crippen MR) is 122 cm³/mol. The van der Waals surface area contributed by atoms with Crippen LogP contribution in [0.25, 0.3) is 0 Å². The van der Waals surface area contributed by atoms with Crippen molar-refractivity contribution in [2.75, 3.05) is 26.2 Å². The summed E-state index contributed by atoms with van der Waals surface area (Å²) in [7, 11) is 2.91. The summed E-state index contributed by atoms with van der Waals surface area (Å²) in [6.07, 6.45) is 2.21. The second-order valence-corrected chi connectivity index (χ2v) is 7.43. The van der Waals surface area contributed by atoms with Crippen molar-refractivity contribution >= 4 is 12.2 Å². The molecule has 1 aromatic heterocycles. The van der Waals surface area contributed by atoms with E-state index in [-0.39, 0.29) is 28.8 Å². The van der Waals surface area contributed by atoms with E-state index in [2.05, 4.69) is 37.5 Å². The number of anilines is 1. The van der Waals surface area contributed by atoms with E-state index in [1.165, 1.54) is 26.0 Å². The fourth-order valence-electron chi connectivity index (χ4n) is 3.67. The van der Waals surface area contributed by atoms with E-state index in [4.69, 9.17) is 9.47 Å². The first kappa shape index (κ1) is 21.4. The largest absolute Gasteiger partial charge is 0.502 e. The zero-order valence-corrected chi connectivity index (χ0v) is 18.0. The number of ether oxygens (including phenoxy) is 2. The number of phenolic OH excluding ortho intramolecular Hbond substituents is 1. The van der Waals surface area contributed by atoms with Crippen molar-refractivity contribution in [2.24, 2.45) is 5.10 Å². The Balaban J connectivity index is 1.46. The third-order valence-electron chi connectivity index (χ3n) is 5.28. The number of aromatic hydroxyl groups is 1. The van der Waals surface area contributed by atoms with Gasteiger partial charge in [-0.1, -0.05) is 30.3 Å². The van der Waals surface area contributed by atoms with Gasteiger partial charge >= 0.3 is 0 Å². The highest BCUT2D eigenvalue weighted by Crippen LogP contribution is 2.36. The number of aromatic nitrogens is 2. The van der Waals surface area contributed by atoms with Crippen molar-refractivity contribution in [3.05, 3.63) is 75.2 Å². The van der Waals surface area contributed by atoms with Crippen LogP contribution in [0.1, 0.15) is 22.4 Å². The number of phenols is 1. The lowest BCUT2D eigenvalue weighted by atomic mass is 10.1. The number of nitrogens with one attached hydrogen (secondary N) is 2. The zero-order valence-electron chi connectivity index (χ0n) is 18.0. The molecule has 0 unspecified atom stereocenters. The SMILES string of the molecule is COc1cc(/C=N\Nc2nc3c(c(=O)[nH]2)CN(Cc2ccccc2)CC3)cc(OC)c1O. The number of aromatic amines is 1. The smallest absolute Gasteiger partial charge is 0.257 e. The van der Waals surface area contributed by atoms with Crippen LogP contribution in [0.5, 0.6) is 17.2 Å². The average molecular weight is 435 g/mol. The predicted octanol–water partition coefficient (Wildman–Crippen LogP) is 2.50. The van der Waals surface area contributed by atoms with Crippen molar-refractivity contribution < 1.29 is 14.6 Å². The molecule has 0 aliphatic carbocycles. The summed E-state index contributed by atoms with van der Waals surface area (Å²) in [6, 6.07) is 13.4. The molecule has 2 heterocycles. The Labute approximate surface area is 185 Å². The summed E-state index contributed by atoms with van der Waals surface area (Å²) in [5.74, 6) is 0.735. The van der Waals surface area contributed by atoms with Gasteiger partial charge in [-0.3, -0.25) is 14.7 Å². The van der Waals surface area contributed by atoms with E-state index in [1.54, 1.807) is 12.1 Å². The van der Waals surface area contributed by atoms with Crippen LogP contribution in [0.3, 0.4) is 0 Å². The van der Waals surface area contributed by atoms with Crippen molar-refractivity contribution in [3.63, 3.8) is 0 Å². The van der Waals surface area contributed by atoms with Crippen molar-refractivity contribution in [1.29, 1.82) is 0 Å². The summed E-state index contributed by atoms with van der Waals surface area (Å²) in [6.45, 7) is 2.18. The quantitative estimate of drug-likeness (QED) is 0.386. The summed E-state index contributed by atoms with van der Waals surface area (Å²) in [4.78, 5) is 22.2. The van der Waals surface area contributed by atoms with E-state index < -0.39 is 0 Å². The van der Waals surface area contributed by atoms with E-state index >= 15 is 0 Å².